The van der Waals surface area contributed by atoms with Crippen molar-refractivity contribution in [3.8, 4) is 5.75 Å². The number of carbonyl (C=O) groups excluding carboxylic acids is 3. The molecule has 11 heteroatoms. The number of carbonyl (C=O) groups is 3. The van der Waals surface area contributed by atoms with Gasteiger partial charge in [0, 0.05) is 17.1 Å². The van der Waals surface area contributed by atoms with Crippen LogP contribution in [0.25, 0.3) is 5.76 Å². The van der Waals surface area contributed by atoms with Crippen molar-refractivity contribution in [1.29, 1.82) is 0 Å². The van der Waals surface area contributed by atoms with Crippen LogP contribution in [0.4, 0.5) is 0 Å². The number of aliphatic hydroxyl groups excluding tert-OH is 2. The van der Waals surface area contributed by atoms with Crippen LogP contribution in [-0.4, -0.2) is 81.4 Å². The SMILES string of the molecule is CO/N=C(/C)c1ccc(O)c2c1CC1CC3[C@H](N(C)C)C(=O)C(C(N)=O)=C(O)[C@@]3(O)C(=O)C1=C2O. The number of benzene rings is 1. The van der Waals surface area contributed by atoms with Crippen LogP contribution in [0.2, 0.25) is 0 Å². The van der Waals surface area contributed by atoms with Crippen molar-refractivity contribution in [2.45, 2.75) is 31.4 Å². The van der Waals surface area contributed by atoms with E-state index in [1.165, 1.54) is 18.1 Å². The van der Waals surface area contributed by atoms with E-state index in [0.29, 0.717) is 16.8 Å². The largest absolute Gasteiger partial charge is 0.508 e. The van der Waals surface area contributed by atoms with Crippen molar-refractivity contribution < 1.29 is 39.6 Å². The van der Waals surface area contributed by atoms with Crippen molar-refractivity contribution in [3.63, 3.8) is 0 Å². The summed E-state index contributed by atoms with van der Waals surface area (Å²) in [5.41, 5.74) is 3.19. The zero-order valence-electron chi connectivity index (χ0n) is 19.7. The third kappa shape index (κ3) is 3.26. The molecular formula is C24H27N3O8. The molecule has 2 unspecified atom stereocenters. The molecule has 11 nitrogen and oxygen atoms in total. The molecule has 1 fully saturated rings. The van der Waals surface area contributed by atoms with Crippen LogP contribution < -0.4 is 5.73 Å². The molecule has 0 aliphatic heterocycles. The number of likely N-dealkylation sites (N-methyl/N-ethyl adjacent to an activating group) is 1. The highest BCUT2D eigenvalue weighted by molar-refractivity contribution is 6.24. The molecule has 0 spiro atoms. The summed E-state index contributed by atoms with van der Waals surface area (Å²) in [6.07, 6.45) is 0.191. The smallest absolute Gasteiger partial charge is 0.255 e. The summed E-state index contributed by atoms with van der Waals surface area (Å²) in [6, 6.07) is 1.83. The van der Waals surface area contributed by atoms with Crippen molar-refractivity contribution in [3.05, 3.63) is 45.7 Å². The summed E-state index contributed by atoms with van der Waals surface area (Å²) in [7, 11) is 4.48. The first-order chi connectivity index (χ1) is 16.4. The molecule has 186 valence electrons. The van der Waals surface area contributed by atoms with Gasteiger partial charge < -0.3 is 31.0 Å². The Hall–Kier alpha value is -3.70. The van der Waals surface area contributed by atoms with Crippen LogP contribution in [0.5, 0.6) is 5.75 Å². The predicted octanol–water partition coefficient (Wildman–Crippen LogP) is 0.334. The lowest BCUT2D eigenvalue weighted by molar-refractivity contribution is -0.153. The molecule has 1 aromatic carbocycles. The van der Waals surface area contributed by atoms with E-state index in [9.17, 15) is 34.8 Å². The number of aromatic hydroxyl groups is 1. The molecular weight excluding hydrogens is 458 g/mol. The van der Waals surface area contributed by atoms with E-state index in [4.69, 9.17) is 10.6 Å². The minimum absolute atomic E-state index is 0.00411. The number of hydrogen-bond acceptors (Lipinski definition) is 10. The second kappa shape index (κ2) is 8.21. The van der Waals surface area contributed by atoms with Crippen molar-refractivity contribution in [2.75, 3.05) is 21.2 Å². The highest BCUT2D eigenvalue weighted by atomic mass is 16.6. The Bertz CT molecular complexity index is 1260. The van der Waals surface area contributed by atoms with Crippen molar-refractivity contribution in [2.24, 2.45) is 22.7 Å². The Morgan fingerprint density at radius 3 is 2.46 bits per heavy atom. The number of ketones is 2. The van der Waals surface area contributed by atoms with Crippen molar-refractivity contribution >= 4 is 28.9 Å². The van der Waals surface area contributed by atoms with E-state index in [1.807, 2.05) is 0 Å². The van der Waals surface area contributed by atoms with Crippen LogP contribution in [0.3, 0.4) is 0 Å². The minimum atomic E-state index is -2.66. The zero-order valence-corrected chi connectivity index (χ0v) is 19.7. The fourth-order valence-electron chi connectivity index (χ4n) is 5.77. The molecule has 1 aromatic rings. The summed E-state index contributed by atoms with van der Waals surface area (Å²) in [6.45, 7) is 1.69. The maximum atomic E-state index is 13.8. The second-order valence-corrected chi connectivity index (χ2v) is 9.31. The molecule has 35 heavy (non-hydrogen) atoms. The fraction of sp³-hybridized carbons (Fsp3) is 0.417. The second-order valence-electron chi connectivity index (χ2n) is 9.31. The Labute approximate surface area is 200 Å². The maximum absolute atomic E-state index is 13.8. The van der Waals surface area contributed by atoms with Crippen LogP contribution >= 0.6 is 0 Å². The highest BCUT2D eigenvalue weighted by Crippen LogP contribution is 2.52. The van der Waals surface area contributed by atoms with Gasteiger partial charge in [-0.2, -0.15) is 0 Å². The number of Topliss-reactive ketones (excluding diaryl/α,β-unsaturated/α-hetero) is 2. The number of nitrogens with two attached hydrogens (primary N) is 1. The van der Waals surface area contributed by atoms with E-state index in [-0.39, 0.29) is 29.7 Å². The monoisotopic (exact) mass is 485 g/mol. The summed E-state index contributed by atoms with van der Waals surface area (Å²) in [5.74, 6) is -6.86. The van der Waals surface area contributed by atoms with Gasteiger partial charge in [0.2, 0.25) is 5.78 Å². The Kier molecular flexibility index (Phi) is 5.73. The van der Waals surface area contributed by atoms with Gasteiger partial charge in [-0.15, -0.1) is 0 Å². The van der Waals surface area contributed by atoms with E-state index in [0.717, 1.165) is 0 Å². The number of nitrogens with zero attached hydrogens (tertiary/aromatic N) is 2. The van der Waals surface area contributed by atoms with Gasteiger partial charge in [-0.25, -0.2) is 0 Å². The summed E-state index contributed by atoms with van der Waals surface area (Å²) in [4.78, 5) is 45.2. The first-order valence-corrected chi connectivity index (χ1v) is 11.0. The normalized spacial score (nSPS) is 28.6. The predicted molar refractivity (Wildman–Crippen MR) is 123 cm³/mol. The number of phenolic OH excluding ortho intramolecular Hbond substituents is 1. The first-order valence-electron chi connectivity index (χ1n) is 11.0. The molecule has 4 rings (SSSR count). The Morgan fingerprint density at radius 1 is 1.23 bits per heavy atom. The molecule has 0 bridgehead atoms. The average Bonchev–Trinajstić information content (AvgIpc) is 2.76. The Balaban J connectivity index is 1.98. The van der Waals surface area contributed by atoms with Gasteiger partial charge in [-0.05, 0) is 57.5 Å². The number of amides is 1. The number of oxime groups is 1. The zero-order chi connectivity index (χ0) is 26.0. The van der Waals surface area contributed by atoms with Crippen LogP contribution in [0.1, 0.15) is 30.0 Å². The van der Waals surface area contributed by atoms with Gasteiger partial charge in [-0.1, -0.05) is 5.16 Å². The van der Waals surface area contributed by atoms with E-state index in [1.54, 1.807) is 27.1 Å². The lowest BCUT2D eigenvalue weighted by Gasteiger charge is -2.50. The van der Waals surface area contributed by atoms with Gasteiger partial charge >= 0.3 is 0 Å². The Morgan fingerprint density at radius 2 is 1.89 bits per heavy atom. The molecule has 3 aliphatic rings. The summed E-state index contributed by atoms with van der Waals surface area (Å²) < 4.78 is 0. The van der Waals surface area contributed by atoms with E-state index < -0.39 is 58.0 Å². The lowest BCUT2D eigenvalue weighted by atomic mass is 9.57. The quantitative estimate of drug-likeness (QED) is 0.228. The van der Waals surface area contributed by atoms with Crippen LogP contribution in [-0.2, 0) is 25.6 Å². The molecule has 6 N–H and O–H groups in total. The molecule has 0 radical (unpaired) electrons. The fourth-order valence-corrected chi connectivity index (χ4v) is 5.77. The van der Waals surface area contributed by atoms with Gasteiger partial charge in [0.25, 0.3) is 5.91 Å². The molecule has 1 saturated carbocycles. The summed E-state index contributed by atoms with van der Waals surface area (Å²) >= 11 is 0. The molecule has 4 atom stereocenters. The minimum Gasteiger partial charge on any atom is -0.508 e. The lowest BCUT2D eigenvalue weighted by Crippen LogP contribution is -2.65. The number of aliphatic hydroxyl groups is 3. The number of fused-ring (bicyclic) bond motifs is 3. The molecule has 1 amide bonds. The first kappa shape index (κ1) is 24.4. The average molecular weight is 485 g/mol. The van der Waals surface area contributed by atoms with Gasteiger partial charge in [-0.3, -0.25) is 19.3 Å². The highest BCUT2D eigenvalue weighted by Gasteiger charge is 2.64. The number of primary amides is 1. The number of hydrogen-bond donors (Lipinski definition) is 5. The van der Waals surface area contributed by atoms with Gasteiger partial charge in [0.05, 0.1) is 17.3 Å². The van der Waals surface area contributed by atoms with Crippen LogP contribution in [0.15, 0.2) is 34.2 Å². The van der Waals surface area contributed by atoms with Crippen LogP contribution in [0, 0.1) is 11.8 Å². The summed E-state index contributed by atoms with van der Waals surface area (Å²) in [5, 5.41) is 48.1. The molecule has 0 heterocycles. The third-order valence-electron chi connectivity index (χ3n) is 7.22. The topological polar surface area (TPSA) is 183 Å². The maximum Gasteiger partial charge on any atom is 0.255 e. The van der Waals surface area contributed by atoms with Gasteiger partial charge in [0.15, 0.2) is 11.4 Å². The van der Waals surface area contributed by atoms with Crippen molar-refractivity contribution in [1.82, 2.24) is 4.90 Å². The molecule has 0 saturated heterocycles. The molecule has 0 aromatic heterocycles. The van der Waals surface area contributed by atoms with Gasteiger partial charge in [0.1, 0.15) is 30.0 Å². The molecule has 3 aliphatic carbocycles. The number of rotatable bonds is 4. The van der Waals surface area contributed by atoms with E-state index in [2.05, 4.69) is 5.16 Å². The third-order valence-corrected chi connectivity index (χ3v) is 7.22. The number of phenols is 1. The van der Waals surface area contributed by atoms with E-state index >= 15 is 0 Å². The standard InChI is InChI=1S/C24H27N3O8/c1-9(26-35-4)11-5-6-14(28)16-12(11)7-10-8-13-18(27(2)3)20(30)17(23(25)33)22(32)24(13,34)21(31)15(10)19(16)29/h5-6,10,13,18,28-29,32,34H,7-8H2,1-4H3,(H2,25,33)/b26-9-/t10?,13?,18-,24-/m0/s1.